The van der Waals surface area contributed by atoms with Crippen LogP contribution < -0.4 is 11.2 Å². The predicted molar refractivity (Wildman–Crippen MR) is 50.6 cm³/mol. The first kappa shape index (κ1) is 9.31. The maximum Gasteiger partial charge on any atom is 0.332 e. The molecule has 0 radical (unpaired) electrons. The van der Waals surface area contributed by atoms with Gasteiger partial charge in [0.15, 0.2) is 0 Å². The SMILES string of the molecule is Cc1cc(/C=N/NC(N)=O)c(C)[nH]1. The van der Waals surface area contributed by atoms with Crippen molar-refractivity contribution in [2.45, 2.75) is 13.8 Å². The predicted octanol–water partition coefficient (Wildman–Crippen LogP) is 0.634. The zero-order valence-corrected chi connectivity index (χ0v) is 7.59. The Morgan fingerprint density at radius 2 is 2.38 bits per heavy atom. The minimum atomic E-state index is -0.666. The lowest BCUT2D eigenvalue weighted by molar-refractivity contribution is 0.249. The van der Waals surface area contributed by atoms with Crippen LogP contribution >= 0.6 is 0 Å². The molecule has 0 atom stereocenters. The Hall–Kier alpha value is -1.78. The van der Waals surface area contributed by atoms with Crippen LogP contribution in [0.5, 0.6) is 0 Å². The molecule has 1 rings (SSSR count). The number of aromatic amines is 1. The third kappa shape index (κ3) is 2.62. The molecule has 1 aromatic heterocycles. The van der Waals surface area contributed by atoms with Gasteiger partial charge in [0.2, 0.25) is 0 Å². The molecule has 5 nitrogen and oxygen atoms in total. The van der Waals surface area contributed by atoms with Crippen LogP contribution in [0.3, 0.4) is 0 Å². The maximum atomic E-state index is 10.3. The Labute approximate surface area is 76.0 Å². The highest BCUT2D eigenvalue weighted by atomic mass is 16.2. The second-order valence-electron chi connectivity index (χ2n) is 2.77. The number of carbonyl (C=O) groups is 1. The zero-order valence-electron chi connectivity index (χ0n) is 7.59. The molecule has 0 aliphatic carbocycles. The molecular formula is C8H12N4O. The van der Waals surface area contributed by atoms with Crippen LogP contribution in [0.15, 0.2) is 11.2 Å². The van der Waals surface area contributed by atoms with E-state index in [0.29, 0.717) is 0 Å². The van der Waals surface area contributed by atoms with E-state index >= 15 is 0 Å². The Kier molecular flexibility index (Phi) is 2.69. The summed E-state index contributed by atoms with van der Waals surface area (Å²) in [7, 11) is 0. The number of aromatic nitrogens is 1. The van der Waals surface area contributed by atoms with Gasteiger partial charge >= 0.3 is 6.03 Å². The van der Waals surface area contributed by atoms with E-state index in [0.717, 1.165) is 17.0 Å². The number of primary amides is 1. The molecule has 0 unspecified atom stereocenters. The van der Waals surface area contributed by atoms with Gasteiger partial charge in [-0.2, -0.15) is 5.10 Å². The van der Waals surface area contributed by atoms with E-state index in [1.165, 1.54) is 0 Å². The normalized spacial score (nSPS) is 10.6. The third-order valence-electron chi connectivity index (χ3n) is 1.57. The van der Waals surface area contributed by atoms with Crippen molar-refractivity contribution in [2.24, 2.45) is 10.8 Å². The number of hydrazone groups is 1. The van der Waals surface area contributed by atoms with Crippen LogP contribution in [0.1, 0.15) is 17.0 Å². The van der Waals surface area contributed by atoms with Crippen LogP contribution in [0.2, 0.25) is 0 Å². The van der Waals surface area contributed by atoms with Crippen LogP contribution in [0, 0.1) is 13.8 Å². The molecule has 1 aromatic rings. The van der Waals surface area contributed by atoms with Crippen LogP contribution in [0.25, 0.3) is 0 Å². The summed E-state index contributed by atoms with van der Waals surface area (Å²) in [6.07, 6.45) is 1.55. The summed E-state index contributed by atoms with van der Waals surface area (Å²) in [4.78, 5) is 13.4. The molecule has 70 valence electrons. The molecule has 0 aliphatic heterocycles. The number of H-pyrrole nitrogens is 1. The van der Waals surface area contributed by atoms with E-state index in [4.69, 9.17) is 5.73 Å². The van der Waals surface area contributed by atoms with Crippen molar-refractivity contribution in [3.05, 3.63) is 23.0 Å². The van der Waals surface area contributed by atoms with Gasteiger partial charge < -0.3 is 10.7 Å². The first-order chi connectivity index (χ1) is 6.09. The van der Waals surface area contributed by atoms with Gasteiger partial charge in [0.05, 0.1) is 6.21 Å². The monoisotopic (exact) mass is 180 g/mol. The number of aryl methyl sites for hydroxylation is 2. The summed E-state index contributed by atoms with van der Waals surface area (Å²) in [5.41, 5.74) is 9.95. The molecule has 2 amide bonds. The first-order valence-corrected chi connectivity index (χ1v) is 3.84. The van der Waals surface area contributed by atoms with Crippen LogP contribution in [0.4, 0.5) is 4.79 Å². The molecule has 0 saturated heterocycles. The summed E-state index contributed by atoms with van der Waals surface area (Å²) < 4.78 is 0. The van der Waals surface area contributed by atoms with Crippen molar-refractivity contribution in [1.29, 1.82) is 0 Å². The van der Waals surface area contributed by atoms with Gasteiger partial charge in [0.25, 0.3) is 0 Å². The molecule has 0 bridgehead atoms. The van der Waals surface area contributed by atoms with E-state index in [2.05, 4.69) is 15.5 Å². The zero-order chi connectivity index (χ0) is 9.84. The first-order valence-electron chi connectivity index (χ1n) is 3.84. The number of urea groups is 1. The standard InChI is InChI=1S/C8H12N4O/c1-5-3-7(6(2)11-5)4-10-12-8(9)13/h3-4,11H,1-2H3,(H3,9,12,13)/b10-4+. The van der Waals surface area contributed by atoms with E-state index in [9.17, 15) is 4.79 Å². The van der Waals surface area contributed by atoms with Crippen LogP contribution in [-0.2, 0) is 0 Å². The smallest absolute Gasteiger partial charge is 0.332 e. The minimum absolute atomic E-state index is 0.666. The van der Waals surface area contributed by atoms with E-state index < -0.39 is 6.03 Å². The summed E-state index contributed by atoms with van der Waals surface area (Å²) in [5, 5.41) is 3.65. The molecule has 0 saturated carbocycles. The molecule has 0 aromatic carbocycles. The Balaban J connectivity index is 2.68. The van der Waals surface area contributed by atoms with Crippen molar-refractivity contribution in [3.8, 4) is 0 Å². The van der Waals surface area contributed by atoms with Gasteiger partial charge in [-0.3, -0.25) is 0 Å². The van der Waals surface area contributed by atoms with Crippen molar-refractivity contribution >= 4 is 12.2 Å². The molecule has 0 aliphatic rings. The molecule has 5 heteroatoms. The van der Waals surface area contributed by atoms with E-state index in [-0.39, 0.29) is 0 Å². The fraction of sp³-hybridized carbons (Fsp3) is 0.250. The highest BCUT2D eigenvalue weighted by Gasteiger charge is 1.97. The average molecular weight is 180 g/mol. The summed E-state index contributed by atoms with van der Waals surface area (Å²) in [5.74, 6) is 0. The molecule has 13 heavy (non-hydrogen) atoms. The van der Waals surface area contributed by atoms with Gasteiger partial charge in [-0.1, -0.05) is 0 Å². The number of nitrogens with zero attached hydrogens (tertiary/aromatic N) is 1. The summed E-state index contributed by atoms with van der Waals surface area (Å²) in [6, 6.07) is 1.27. The fourth-order valence-electron chi connectivity index (χ4n) is 1.05. The van der Waals surface area contributed by atoms with Gasteiger partial charge in [-0.15, -0.1) is 0 Å². The number of hydrogen-bond acceptors (Lipinski definition) is 2. The lowest BCUT2D eigenvalue weighted by Gasteiger charge is -1.90. The molecule has 4 N–H and O–H groups in total. The maximum absolute atomic E-state index is 10.3. The molecular weight excluding hydrogens is 168 g/mol. The molecule has 0 spiro atoms. The largest absolute Gasteiger partial charge is 0.362 e. The van der Waals surface area contributed by atoms with Gasteiger partial charge in [0.1, 0.15) is 0 Å². The molecule has 1 heterocycles. The number of nitrogens with one attached hydrogen (secondary N) is 2. The van der Waals surface area contributed by atoms with Crippen molar-refractivity contribution in [1.82, 2.24) is 10.4 Å². The number of carbonyl (C=O) groups excluding carboxylic acids is 1. The minimum Gasteiger partial charge on any atom is -0.362 e. The number of nitrogens with two attached hydrogens (primary N) is 1. The van der Waals surface area contributed by atoms with Gasteiger partial charge in [-0.25, -0.2) is 10.2 Å². The number of amides is 2. The fourth-order valence-corrected chi connectivity index (χ4v) is 1.05. The molecule has 0 fully saturated rings. The van der Waals surface area contributed by atoms with Gasteiger partial charge in [0, 0.05) is 17.0 Å². The quantitative estimate of drug-likeness (QED) is 0.452. The van der Waals surface area contributed by atoms with Gasteiger partial charge in [-0.05, 0) is 19.9 Å². The topological polar surface area (TPSA) is 83.3 Å². The van der Waals surface area contributed by atoms with E-state index in [1.54, 1.807) is 6.21 Å². The lowest BCUT2D eigenvalue weighted by atomic mass is 10.3. The second-order valence-corrected chi connectivity index (χ2v) is 2.77. The van der Waals surface area contributed by atoms with Crippen LogP contribution in [-0.4, -0.2) is 17.2 Å². The van der Waals surface area contributed by atoms with E-state index in [1.807, 2.05) is 19.9 Å². The van der Waals surface area contributed by atoms with Crippen molar-refractivity contribution in [3.63, 3.8) is 0 Å². The average Bonchev–Trinajstić information content (AvgIpc) is 2.29. The third-order valence-corrected chi connectivity index (χ3v) is 1.57. The summed E-state index contributed by atoms with van der Waals surface area (Å²) in [6.45, 7) is 3.88. The Morgan fingerprint density at radius 3 is 2.85 bits per heavy atom. The number of rotatable bonds is 2. The highest BCUT2D eigenvalue weighted by molar-refractivity contribution is 5.82. The number of hydrogen-bond donors (Lipinski definition) is 3. The second kappa shape index (κ2) is 3.75. The summed E-state index contributed by atoms with van der Waals surface area (Å²) >= 11 is 0. The Bertz CT molecular complexity index is 340. The van der Waals surface area contributed by atoms with Crippen molar-refractivity contribution in [2.75, 3.05) is 0 Å². The Morgan fingerprint density at radius 1 is 1.69 bits per heavy atom. The van der Waals surface area contributed by atoms with Crippen molar-refractivity contribution < 1.29 is 4.79 Å². The highest BCUT2D eigenvalue weighted by Crippen LogP contribution is 2.05. The lowest BCUT2D eigenvalue weighted by Crippen LogP contribution is -2.24.